The van der Waals surface area contributed by atoms with Gasteiger partial charge in [0.15, 0.2) is 0 Å². The predicted octanol–water partition coefficient (Wildman–Crippen LogP) is 5.36. The number of carbonyl (C=O) groups is 1. The van der Waals surface area contributed by atoms with Crippen molar-refractivity contribution < 1.29 is 15.0 Å². The van der Waals surface area contributed by atoms with E-state index in [4.69, 9.17) is 16.7 Å². The van der Waals surface area contributed by atoms with Crippen LogP contribution in [0.4, 0.5) is 0 Å². The number of aliphatic carboxylic acids is 1. The maximum atomic E-state index is 11.2. The molecule has 120 valence electrons. The molecule has 22 heavy (non-hydrogen) atoms. The second-order valence-corrected chi connectivity index (χ2v) is 6.66. The molecule has 0 aliphatic heterocycles. The normalized spacial score (nSPS) is 12.7. The molecule has 0 spiro atoms. The van der Waals surface area contributed by atoms with Crippen LogP contribution in [0.3, 0.4) is 0 Å². The van der Waals surface area contributed by atoms with Crippen molar-refractivity contribution in [3.05, 3.63) is 27.8 Å². The van der Waals surface area contributed by atoms with Crippen LogP contribution in [0.5, 0.6) is 5.75 Å². The molecule has 2 rings (SSSR count). The van der Waals surface area contributed by atoms with E-state index in [-0.39, 0.29) is 18.2 Å². The summed E-state index contributed by atoms with van der Waals surface area (Å²) < 4.78 is 2.54. The first-order valence-corrected chi connectivity index (χ1v) is 8.52. The van der Waals surface area contributed by atoms with Crippen molar-refractivity contribution in [2.45, 2.75) is 45.1 Å². The van der Waals surface area contributed by atoms with Crippen molar-refractivity contribution in [1.29, 1.82) is 0 Å². The highest BCUT2D eigenvalue weighted by Crippen LogP contribution is 2.40. The second-order valence-electron chi connectivity index (χ2n) is 5.42. The van der Waals surface area contributed by atoms with Gasteiger partial charge in [0.2, 0.25) is 0 Å². The van der Waals surface area contributed by atoms with Crippen LogP contribution in [0.2, 0.25) is 5.02 Å². The third kappa shape index (κ3) is 3.58. The topological polar surface area (TPSA) is 62.5 Å². The molecule has 0 fully saturated rings. The van der Waals surface area contributed by atoms with Crippen LogP contribution < -0.4 is 0 Å². The fourth-order valence-electron chi connectivity index (χ4n) is 2.74. The minimum Gasteiger partial charge on any atom is -0.506 e. The minimum absolute atomic E-state index is 0.0284. The summed E-state index contributed by atoms with van der Waals surface area (Å²) in [7, 11) is 0. The summed E-state index contributed by atoms with van der Waals surface area (Å²) in [6.07, 6.45) is 5.48. The van der Waals surface area contributed by atoms with Gasteiger partial charge in [0.25, 0.3) is 0 Å². The lowest BCUT2D eigenvalue weighted by atomic mass is 10.1. The molecule has 1 aromatic heterocycles. The standard InChI is InChI=1S/C16H19BrClNO3/c1-2-3-4-5-10(8-14(21)22)19-9-13(20)15-12(19)7-6-11(17)16(15)18/h6-7,9-10,20H,2-5,8H2,1H3,(H,21,22). The van der Waals surface area contributed by atoms with Gasteiger partial charge in [-0.05, 0) is 34.5 Å². The number of carboxylic acids is 1. The van der Waals surface area contributed by atoms with E-state index in [9.17, 15) is 9.90 Å². The number of unbranched alkanes of at least 4 members (excludes halogenated alkanes) is 2. The first-order chi connectivity index (χ1) is 10.5. The van der Waals surface area contributed by atoms with Crippen LogP contribution in [0.1, 0.15) is 45.1 Å². The maximum absolute atomic E-state index is 11.2. The predicted molar refractivity (Wildman–Crippen MR) is 91.7 cm³/mol. The molecule has 0 bridgehead atoms. The summed E-state index contributed by atoms with van der Waals surface area (Å²) in [6, 6.07) is 3.47. The first kappa shape index (κ1) is 17.2. The Hall–Kier alpha value is -1.20. The number of carboxylic acid groups (broad SMARTS) is 1. The number of halogens is 2. The molecule has 2 aromatic rings. The number of benzene rings is 1. The van der Waals surface area contributed by atoms with E-state index in [0.29, 0.717) is 14.9 Å². The summed E-state index contributed by atoms with van der Waals surface area (Å²) in [6.45, 7) is 2.11. The van der Waals surface area contributed by atoms with Crippen molar-refractivity contribution >= 4 is 44.4 Å². The SMILES string of the molecule is CCCCCC(CC(=O)O)n1cc(O)c2c(Cl)c(Br)ccc21. The zero-order chi connectivity index (χ0) is 16.3. The zero-order valence-electron chi connectivity index (χ0n) is 12.4. The highest BCUT2D eigenvalue weighted by atomic mass is 79.9. The Bertz CT molecular complexity index is 684. The number of fused-ring (bicyclic) bond motifs is 1. The Labute approximate surface area is 142 Å². The summed E-state index contributed by atoms with van der Waals surface area (Å²) in [5.74, 6) is -0.766. The Balaban J connectivity index is 2.44. The maximum Gasteiger partial charge on any atom is 0.305 e. The van der Waals surface area contributed by atoms with E-state index in [1.54, 1.807) is 6.20 Å². The van der Waals surface area contributed by atoms with E-state index in [0.717, 1.165) is 31.2 Å². The Morgan fingerprint density at radius 2 is 2.14 bits per heavy atom. The van der Waals surface area contributed by atoms with Crippen molar-refractivity contribution in [2.24, 2.45) is 0 Å². The molecule has 0 aliphatic carbocycles. The molecule has 0 aliphatic rings. The Morgan fingerprint density at radius 1 is 1.41 bits per heavy atom. The molecule has 0 radical (unpaired) electrons. The second kappa shape index (κ2) is 7.38. The molecule has 0 saturated carbocycles. The van der Waals surface area contributed by atoms with Crippen LogP contribution in [0, 0.1) is 0 Å². The van der Waals surface area contributed by atoms with E-state index in [1.165, 1.54) is 0 Å². The van der Waals surface area contributed by atoms with Gasteiger partial charge < -0.3 is 14.8 Å². The van der Waals surface area contributed by atoms with Crippen LogP contribution in [-0.4, -0.2) is 20.7 Å². The first-order valence-electron chi connectivity index (χ1n) is 7.35. The van der Waals surface area contributed by atoms with E-state index in [2.05, 4.69) is 22.9 Å². The molecule has 4 nitrogen and oxygen atoms in total. The van der Waals surface area contributed by atoms with Gasteiger partial charge in [-0.3, -0.25) is 4.79 Å². The van der Waals surface area contributed by atoms with Gasteiger partial charge >= 0.3 is 5.97 Å². The number of rotatable bonds is 7. The van der Waals surface area contributed by atoms with Gasteiger partial charge in [0.1, 0.15) is 5.75 Å². The lowest BCUT2D eigenvalue weighted by Crippen LogP contribution is -2.13. The van der Waals surface area contributed by atoms with E-state index in [1.807, 2.05) is 16.7 Å². The van der Waals surface area contributed by atoms with Gasteiger partial charge in [-0.1, -0.05) is 37.8 Å². The van der Waals surface area contributed by atoms with Gasteiger partial charge in [-0.25, -0.2) is 0 Å². The highest BCUT2D eigenvalue weighted by molar-refractivity contribution is 9.10. The molecule has 1 aromatic carbocycles. The van der Waals surface area contributed by atoms with Gasteiger partial charge in [0, 0.05) is 16.7 Å². The fraction of sp³-hybridized carbons (Fsp3) is 0.438. The summed E-state index contributed by atoms with van der Waals surface area (Å²) >= 11 is 9.59. The molecule has 1 unspecified atom stereocenters. The number of hydrogen-bond donors (Lipinski definition) is 2. The monoisotopic (exact) mass is 387 g/mol. The zero-order valence-corrected chi connectivity index (χ0v) is 14.7. The van der Waals surface area contributed by atoms with Crippen LogP contribution in [-0.2, 0) is 4.79 Å². The fourth-order valence-corrected chi connectivity index (χ4v) is 3.33. The average molecular weight is 389 g/mol. The minimum atomic E-state index is -0.842. The number of hydrogen-bond acceptors (Lipinski definition) is 2. The van der Waals surface area contributed by atoms with Crippen LogP contribution in [0.25, 0.3) is 10.9 Å². The smallest absolute Gasteiger partial charge is 0.305 e. The number of aromatic nitrogens is 1. The largest absolute Gasteiger partial charge is 0.506 e. The molecular formula is C16H19BrClNO3. The number of aromatic hydroxyl groups is 1. The quantitative estimate of drug-likeness (QED) is 0.628. The third-order valence-corrected chi connectivity index (χ3v) is 5.09. The number of nitrogens with zero attached hydrogens (tertiary/aromatic N) is 1. The van der Waals surface area contributed by atoms with Crippen molar-refractivity contribution in [3.63, 3.8) is 0 Å². The molecular weight excluding hydrogens is 370 g/mol. The van der Waals surface area contributed by atoms with Crippen LogP contribution >= 0.6 is 27.5 Å². The van der Waals surface area contributed by atoms with Gasteiger partial charge in [-0.2, -0.15) is 0 Å². The highest BCUT2D eigenvalue weighted by Gasteiger charge is 2.20. The Kier molecular flexibility index (Phi) is 5.75. The molecule has 2 N–H and O–H groups in total. The lowest BCUT2D eigenvalue weighted by Gasteiger charge is -2.18. The molecule has 1 heterocycles. The van der Waals surface area contributed by atoms with Crippen molar-refractivity contribution in [2.75, 3.05) is 0 Å². The van der Waals surface area contributed by atoms with Crippen LogP contribution in [0.15, 0.2) is 22.8 Å². The summed E-state index contributed by atoms with van der Waals surface area (Å²) in [5.41, 5.74) is 0.758. The molecule has 0 amide bonds. The lowest BCUT2D eigenvalue weighted by molar-refractivity contribution is -0.137. The molecule has 6 heteroatoms. The van der Waals surface area contributed by atoms with Crippen molar-refractivity contribution in [1.82, 2.24) is 4.57 Å². The van der Waals surface area contributed by atoms with E-state index < -0.39 is 5.97 Å². The van der Waals surface area contributed by atoms with Gasteiger partial charge in [-0.15, -0.1) is 0 Å². The van der Waals surface area contributed by atoms with Gasteiger partial charge in [0.05, 0.1) is 22.3 Å². The van der Waals surface area contributed by atoms with Crippen molar-refractivity contribution in [3.8, 4) is 5.75 Å². The molecule has 1 atom stereocenters. The summed E-state index contributed by atoms with van der Waals surface area (Å²) in [5, 5.41) is 20.3. The molecule has 0 saturated heterocycles. The van der Waals surface area contributed by atoms with E-state index >= 15 is 0 Å². The Morgan fingerprint density at radius 3 is 2.77 bits per heavy atom. The summed E-state index contributed by atoms with van der Waals surface area (Å²) in [4.78, 5) is 11.2. The third-order valence-electron chi connectivity index (χ3n) is 3.81. The average Bonchev–Trinajstić information content (AvgIpc) is 2.79.